The number of sulfonamides is 1. The summed E-state index contributed by atoms with van der Waals surface area (Å²) in [7, 11) is -3.49. The Balaban J connectivity index is 1.41. The van der Waals surface area contributed by atoms with Crippen LogP contribution in [0.3, 0.4) is 0 Å². The highest BCUT2D eigenvalue weighted by atomic mass is 32.2. The van der Waals surface area contributed by atoms with Crippen LogP contribution in [0.2, 0.25) is 0 Å². The summed E-state index contributed by atoms with van der Waals surface area (Å²) in [5.41, 5.74) is 2.46. The van der Waals surface area contributed by atoms with E-state index in [1.165, 1.54) is 21.9 Å². The zero-order chi connectivity index (χ0) is 18.9. The highest BCUT2D eigenvalue weighted by Gasteiger charge is 2.33. The number of aryl methyl sites for hydroxylation is 2. The summed E-state index contributed by atoms with van der Waals surface area (Å²) < 4.78 is 33.0. The zero-order valence-electron chi connectivity index (χ0n) is 15.7. The maximum Gasteiger partial charge on any atom is 0.243 e. The van der Waals surface area contributed by atoms with E-state index in [4.69, 9.17) is 4.74 Å². The van der Waals surface area contributed by atoms with E-state index in [-0.39, 0.29) is 11.8 Å². The molecule has 4 rings (SSSR count). The molecule has 0 N–H and O–H groups in total. The largest absolute Gasteiger partial charge is 0.381 e. The lowest BCUT2D eigenvalue weighted by Crippen LogP contribution is -2.52. The van der Waals surface area contributed by atoms with Crippen molar-refractivity contribution in [3.63, 3.8) is 0 Å². The molecule has 0 radical (unpaired) electrons. The van der Waals surface area contributed by atoms with E-state index in [9.17, 15) is 13.2 Å². The smallest absolute Gasteiger partial charge is 0.243 e. The number of piperazine rings is 1. The Morgan fingerprint density at radius 2 is 1.63 bits per heavy atom. The Bertz CT molecular complexity index is 794. The van der Waals surface area contributed by atoms with Gasteiger partial charge >= 0.3 is 0 Å². The number of amides is 1. The molecule has 2 heterocycles. The van der Waals surface area contributed by atoms with Crippen LogP contribution in [-0.4, -0.2) is 62.9 Å². The van der Waals surface area contributed by atoms with Crippen LogP contribution in [0.5, 0.6) is 0 Å². The molecule has 148 valence electrons. The Kier molecular flexibility index (Phi) is 5.53. The molecule has 2 saturated heterocycles. The van der Waals surface area contributed by atoms with Crippen molar-refractivity contribution in [2.75, 3.05) is 39.4 Å². The molecular formula is C20H28N2O4S. The van der Waals surface area contributed by atoms with Crippen molar-refractivity contribution in [1.82, 2.24) is 9.21 Å². The van der Waals surface area contributed by atoms with Gasteiger partial charge in [-0.3, -0.25) is 4.79 Å². The number of ether oxygens (including phenoxy) is 1. The van der Waals surface area contributed by atoms with Crippen molar-refractivity contribution in [3.8, 4) is 0 Å². The molecule has 6 nitrogen and oxygen atoms in total. The molecule has 0 atom stereocenters. The molecule has 1 aromatic carbocycles. The van der Waals surface area contributed by atoms with Gasteiger partial charge in [0.25, 0.3) is 0 Å². The van der Waals surface area contributed by atoms with E-state index in [0.29, 0.717) is 44.3 Å². The molecule has 2 fully saturated rings. The molecular weight excluding hydrogens is 364 g/mol. The van der Waals surface area contributed by atoms with Crippen LogP contribution in [0.25, 0.3) is 0 Å². The highest BCUT2D eigenvalue weighted by molar-refractivity contribution is 7.89. The van der Waals surface area contributed by atoms with Gasteiger partial charge < -0.3 is 9.64 Å². The molecule has 1 amide bonds. The first kappa shape index (κ1) is 18.9. The maximum absolute atomic E-state index is 13.1. The fourth-order valence-electron chi connectivity index (χ4n) is 4.37. The van der Waals surface area contributed by atoms with Crippen molar-refractivity contribution in [2.45, 2.75) is 43.4 Å². The van der Waals surface area contributed by atoms with Crippen LogP contribution in [0.1, 0.15) is 36.8 Å². The number of hydrogen-bond acceptors (Lipinski definition) is 4. The summed E-state index contributed by atoms with van der Waals surface area (Å²) in [5, 5.41) is 0. The number of nitrogens with zero attached hydrogens (tertiary/aromatic N) is 2. The third-order valence-corrected chi connectivity index (χ3v) is 7.97. The molecule has 0 saturated carbocycles. The summed E-state index contributed by atoms with van der Waals surface area (Å²) in [6.07, 6.45) is 5.86. The van der Waals surface area contributed by atoms with Gasteiger partial charge in [0, 0.05) is 45.3 Å². The first-order chi connectivity index (χ1) is 13.1. The Labute approximate surface area is 161 Å². The monoisotopic (exact) mass is 392 g/mol. The van der Waals surface area contributed by atoms with Crippen molar-refractivity contribution in [3.05, 3.63) is 29.3 Å². The topological polar surface area (TPSA) is 66.9 Å². The third-order valence-electron chi connectivity index (χ3n) is 6.08. The zero-order valence-corrected chi connectivity index (χ0v) is 16.5. The van der Waals surface area contributed by atoms with Crippen LogP contribution in [0.4, 0.5) is 0 Å². The van der Waals surface area contributed by atoms with Gasteiger partial charge in [-0.25, -0.2) is 8.42 Å². The third kappa shape index (κ3) is 3.91. The van der Waals surface area contributed by atoms with E-state index in [1.54, 1.807) is 6.07 Å². The minimum Gasteiger partial charge on any atom is -0.381 e. The van der Waals surface area contributed by atoms with Crippen molar-refractivity contribution >= 4 is 15.9 Å². The van der Waals surface area contributed by atoms with Gasteiger partial charge in [0.1, 0.15) is 0 Å². The Morgan fingerprint density at radius 1 is 0.963 bits per heavy atom. The fraction of sp³-hybridized carbons (Fsp3) is 0.650. The second-order valence-corrected chi connectivity index (χ2v) is 9.69. The highest BCUT2D eigenvalue weighted by Crippen LogP contribution is 2.26. The van der Waals surface area contributed by atoms with E-state index in [0.717, 1.165) is 32.1 Å². The van der Waals surface area contributed by atoms with Crippen molar-refractivity contribution in [2.24, 2.45) is 5.92 Å². The molecule has 0 unspecified atom stereocenters. The normalized spacial score (nSPS) is 22.4. The predicted octanol–water partition coefficient (Wildman–Crippen LogP) is 1.82. The van der Waals surface area contributed by atoms with Gasteiger partial charge in [-0.15, -0.1) is 0 Å². The number of benzene rings is 1. The first-order valence-corrected chi connectivity index (χ1v) is 11.5. The summed E-state index contributed by atoms with van der Waals surface area (Å²) in [6, 6.07) is 5.59. The minimum absolute atomic E-state index is 0.0301. The summed E-state index contributed by atoms with van der Waals surface area (Å²) in [5.74, 6) is 0.187. The van der Waals surface area contributed by atoms with Crippen molar-refractivity contribution < 1.29 is 17.9 Å². The molecule has 3 aliphatic rings. The summed E-state index contributed by atoms with van der Waals surface area (Å²) >= 11 is 0. The lowest BCUT2D eigenvalue weighted by atomic mass is 9.92. The first-order valence-electron chi connectivity index (χ1n) is 10.0. The van der Waals surface area contributed by atoms with E-state index in [1.807, 2.05) is 17.0 Å². The standard InChI is InChI=1S/C20H28N2O4S/c23-20(17-7-13-26-14-8-17)21-9-11-22(12-10-21)27(24,25)19-6-5-16-3-1-2-4-18(16)15-19/h5-6,15,17H,1-4,7-14H2. The van der Waals surface area contributed by atoms with Crippen LogP contribution in [-0.2, 0) is 32.4 Å². The SMILES string of the molecule is O=C(C1CCOCC1)N1CCN(S(=O)(=O)c2ccc3c(c2)CCCC3)CC1. The molecule has 0 bridgehead atoms. The van der Waals surface area contributed by atoms with Gasteiger partial charge in [0.2, 0.25) is 15.9 Å². The summed E-state index contributed by atoms with van der Waals surface area (Å²) in [4.78, 5) is 14.9. The average Bonchev–Trinajstić information content (AvgIpc) is 2.73. The van der Waals surface area contributed by atoms with Gasteiger partial charge in [0.05, 0.1) is 4.90 Å². The number of carbonyl (C=O) groups is 1. The van der Waals surface area contributed by atoms with Gasteiger partial charge in [-0.05, 0) is 61.8 Å². The molecule has 27 heavy (non-hydrogen) atoms. The van der Waals surface area contributed by atoms with Crippen LogP contribution in [0.15, 0.2) is 23.1 Å². The molecule has 7 heteroatoms. The lowest BCUT2D eigenvalue weighted by Gasteiger charge is -2.36. The van der Waals surface area contributed by atoms with Gasteiger partial charge in [0.15, 0.2) is 0 Å². The Morgan fingerprint density at radius 3 is 2.33 bits per heavy atom. The molecule has 2 aliphatic heterocycles. The molecule has 1 aromatic rings. The Hall–Kier alpha value is -1.44. The second-order valence-electron chi connectivity index (χ2n) is 7.75. The van der Waals surface area contributed by atoms with E-state index < -0.39 is 10.0 Å². The predicted molar refractivity (Wildman–Crippen MR) is 102 cm³/mol. The maximum atomic E-state index is 13.1. The minimum atomic E-state index is -3.49. The van der Waals surface area contributed by atoms with Gasteiger partial charge in [-0.1, -0.05) is 6.07 Å². The number of fused-ring (bicyclic) bond motifs is 1. The van der Waals surface area contributed by atoms with E-state index >= 15 is 0 Å². The van der Waals surface area contributed by atoms with Crippen molar-refractivity contribution in [1.29, 1.82) is 0 Å². The summed E-state index contributed by atoms with van der Waals surface area (Å²) in [6.45, 7) is 2.97. The molecule has 0 aromatic heterocycles. The number of hydrogen-bond donors (Lipinski definition) is 0. The van der Waals surface area contributed by atoms with Crippen LogP contribution in [0, 0.1) is 5.92 Å². The van der Waals surface area contributed by atoms with Gasteiger partial charge in [-0.2, -0.15) is 4.31 Å². The number of carbonyl (C=O) groups excluding carboxylic acids is 1. The van der Waals surface area contributed by atoms with Crippen LogP contribution < -0.4 is 0 Å². The molecule has 0 spiro atoms. The quantitative estimate of drug-likeness (QED) is 0.787. The second kappa shape index (κ2) is 7.89. The van der Waals surface area contributed by atoms with E-state index in [2.05, 4.69) is 0 Å². The van der Waals surface area contributed by atoms with Crippen LogP contribution >= 0.6 is 0 Å². The molecule has 1 aliphatic carbocycles. The number of rotatable bonds is 3. The lowest BCUT2D eigenvalue weighted by molar-refractivity contribution is -0.139. The average molecular weight is 393 g/mol. The fourth-order valence-corrected chi connectivity index (χ4v) is 5.84.